The van der Waals surface area contributed by atoms with Crippen molar-refractivity contribution in [3.63, 3.8) is 0 Å². The van der Waals surface area contributed by atoms with E-state index >= 15 is 0 Å². The lowest BCUT2D eigenvalue weighted by atomic mass is 10.2. The number of carbonyl (C=O) groups excluding carboxylic acids is 2. The van der Waals surface area contributed by atoms with Gasteiger partial charge in [-0.25, -0.2) is 4.98 Å². The Kier molecular flexibility index (Phi) is 5.35. The van der Waals surface area contributed by atoms with Crippen molar-refractivity contribution < 1.29 is 18.7 Å². The number of hydrogen-bond donors (Lipinski definition) is 2. The Morgan fingerprint density at radius 1 is 1.24 bits per heavy atom. The van der Waals surface area contributed by atoms with E-state index in [0.29, 0.717) is 16.6 Å². The van der Waals surface area contributed by atoms with Gasteiger partial charge in [-0.2, -0.15) is 0 Å². The molecule has 7 nitrogen and oxygen atoms in total. The van der Waals surface area contributed by atoms with Gasteiger partial charge in [0.25, 0.3) is 5.91 Å². The van der Waals surface area contributed by atoms with E-state index in [9.17, 15) is 9.59 Å². The van der Waals surface area contributed by atoms with Crippen molar-refractivity contribution in [2.45, 2.75) is 26.7 Å². The van der Waals surface area contributed by atoms with Crippen molar-refractivity contribution in [2.75, 3.05) is 17.2 Å². The number of aromatic nitrogens is 1. The summed E-state index contributed by atoms with van der Waals surface area (Å²) in [5.74, 6) is 1.98. The lowest BCUT2D eigenvalue weighted by molar-refractivity contribution is -0.118. The molecule has 0 saturated heterocycles. The summed E-state index contributed by atoms with van der Waals surface area (Å²) in [7, 11) is 0. The smallest absolute Gasteiger partial charge is 0.264 e. The van der Waals surface area contributed by atoms with Gasteiger partial charge in [0.1, 0.15) is 17.3 Å². The number of thiazole rings is 1. The van der Waals surface area contributed by atoms with Crippen LogP contribution in [0.25, 0.3) is 11.3 Å². The fraction of sp³-hybridized carbons (Fsp3) is 0.286. The van der Waals surface area contributed by atoms with Gasteiger partial charge in [0, 0.05) is 28.6 Å². The molecule has 29 heavy (non-hydrogen) atoms. The average molecular weight is 411 g/mol. The number of aryl methyl sites for hydroxylation is 2. The minimum absolute atomic E-state index is 0.0301. The average Bonchev–Trinajstić information content (AvgIpc) is 3.36. The molecule has 0 spiro atoms. The van der Waals surface area contributed by atoms with Crippen molar-refractivity contribution in [2.24, 2.45) is 5.92 Å². The molecular formula is C21H21N3O4S. The molecule has 0 unspecified atom stereocenters. The summed E-state index contributed by atoms with van der Waals surface area (Å²) in [6.45, 7) is 3.61. The lowest BCUT2D eigenvalue weighted by Crippen LogP contribution is -2.20. The third-order valence-corrected chi connectivity index (χ3v) is 5.24. The number of ether oxygens (including phenoxy) is 1. The highest BCUT2D eigenvalue weighted by Crippen LogP contribution is 2.31. The zero-order valence-electron chi connectivity index (χ0n) is 16.2. The van der Waals surface area contributed by atoms with Crippen LogP contribution in [0.15, 0.2) is 40.1 Å². The van der Waals surface area contributed by atoms with Gasteiger partial charge in [0.15, 0.2) is 11.7 Å². The molecule has 4 rings (SSSR count). The molecule has 2 N–H and O–H groups in total. The summed E-state index contributed by atoms with van der Waals surface area (Å²) in [4.78, 5) is 28.5. The minimum Gasteiger partial charge on any atom is -0.484 e. The predicted octanol–water partition coefficient (Wildman–Crippen LogP) is 4.39. The topological polar surface area (TPSA) is 93.5 Å². The molecule has 2 heterocycles. The van der Waals surface area contributed by atoms with E-state index in [2.05, 4.69) is 15.6 Å². The predicted molar refractivity (Wildman–Crippen MR) is 111 cm³/mol. The Morgan fingerprint density at radius 2 is 2.07 bits per heavy atom. The first-order valence-electron chi connectivity index (χ1n) is 9.34. The summed E-state index contributed by atoms with van der Waals surface area (Å²) < 4.78 is 11.1. The summed E-state index contributed by atoms with van der Waals surface area (Å²) in [6, 6.07) is 8.95. The Hall–Kier alpha value is -3.13. The van der Waals surface area contributed by atoms with Crippen molar-refractivity contribution in [3.05, 3.63) is 47.2 Å². The first-order chi connectivity index (χ1) is 14.0. The molecule has 3 aromatic rings. The maximum Gasteiger partial charge on any atom is 0.264 e. The number of anilines is 2. The van der Waals surface area contributed by atoms with Gasteiger partial charge in [-0.15, -0.1) is 11.3 Å². The third kappa shape index (κ3) is 4.83. The van der Waals surface area contributed by atoms with Gasteiger partial charge in [-0.1, -0.05) is 6.07 Å². The highest BCUT2D eigenvalue weighted by Gasteiger charge is 2.29. The lowest BCUT2D eigenvalue weighted by Gasteiger charge is -2.08. The van der Waals surface area contributed by atoms with Crippen molar-refractivity contribution in [1.82, 2.24) is 4.98 Å². The second kappa shape index (κ2) is 8.08. The van der Waals surface area contributed by atoms with Crippen LogP contribution in [0.4, 0.5) is 10.8 Å². The van der Waals surface area contributed by atoms with Crippen LogP contribution in [0.3, 0.4) is 0 Å². The number of furan rings is 1. The Labute approximate surface area is 172 Å². The molecule has 0 atom stereocenters. The van der Waals surface area contributed by atoms with E-state index < -0.39 is 0 Å². The monoisotopic (exact) mass is 411 g/mol. The largest absolute Gasteiger partial charge is 0.484 e. The van der Waals surface area contributed by atoms with Crippen LogP contribution in [-0.4, -0.2) is 23.4 Å². The Morgan fingerprint density at radius 3 is 2.79 bits per heavy atom. The van der Waals surface area contributed by atoms with Crippen LogP contribution in [0.1, 0.15) is 24.4 Å². The number of carbonyl (C=O) groups is 2. The SMILES string of the molecule is Cc1cc(-c2csc(NC(=O)COc3cccc(NC(=O)C4CC4)c3)n2)c(C)o1. The molecule has 8 heteroatoms. The molecule has 0 bridgehead atoms. The molecule has 2 aromatic heterocycles. The Bertz CT molecular complexity index is 1050. The van der Waals surface area contributed by atoms with Crippen LogP contribution < -0.4 is 15.4 Å². The maximum absolute atomic E-state index is 12.2. The summed E-state index contributed by atoms with van der Waals surface area (Å²) >= 11 is 1.34. The molecule has 2 amide bonds. The van der Waals surface area contributed by atoms with E-state index in [1.807, 2.05) is 25.3 Å². The van der Waals surface area contributed by atoms with Crippen molar-refractivity contribution >= 4 is 34.0 Å². The second-order valence-electron chi connectivity index (χ2n) is 6.99. The van der Waals surface area contributed by atoms with Crippen LogP contribution in [0, 0.1) is 19.8 Å². The number of rotatable bonds is 7. The van der Waals surface area contributed by atoms with Crippen molar-refractivity contribution in [3.8, 4) is 17.0 Å². The van der Waals surface area contributed by atoms with Gasteiger partial charge in [0.05, 0.1) is 5.69 Å². The van der Waals surface area contributed by atoms with Gasteiger partial charge >= 0.3 is 0 Å². The number of hydrogen-bond acceptors (Lipinski definition) is 6. The number of nitrogens with one attached hydrogen (secondary N) is 2. The Balaban J connectivity index is 1.31. The normalized spacial score (nSPS) is 13.2. The van der Waals surface area contributed by atoms with Crippen LogP contribution >= 0.6 is 11.3 Å². The second-order valence-corrected chi connectivity index (χ2v) is 7.85. The highest BCUT2D eigenvalue weighted by atomic mass is 32.1. The molecule has 1 aromatic carbocycles. The van der Waals surface area contributed by atoms with E-state index in [-0.39, 0.29) is 24.3 Å². The van der Waals surface area contributed by atoms with Gasteiger partial charge in [0.2, 0.25) is 5.91 Å². The highest BCUT2D eigenvalue weighted by molar-refractivity contribution is 7.14. The standard InChI is InChI=1S/C21H21N3O4S/c1-12-8-17(13(2)28-12)18-11-29-21(23-18)24-19(25)10-27-16-5-3-4-15(9-16)22-20(26)14-6-7-14/h3-5,8-9,11,14H,6-7,10H2,1-2H3,(H,22,26)(H,23,24,25). The molecule has 150 valence electrons. The molecule has 0 aliphatic heterocycles. The fourth-order valence-corrected chi connectivity index (χ4v) is 3.62. The van der Waals surface area contributed by atoms with E-state index in [4.69, 9.17) is 9.15 Å². The molecule has 1 aliphatic carbocycles. The van der Waals surface area contributed by atoms with E-state index in [0.717, 1.165) is 35.6 Å². The molecule has 1 saturated carbocycles. The summed E-state index contributed by atoms with van der Waals surface area (Å²) in [6.07, 6.45) is 1.89. The fourth-order valence-electron chi connectivity index (χ4n) is 2.90. The summed E-state index contributed by atoms with van der Waals surface area (Å²) in [5.41, 5.74) is 2.34. The number of benzene rings is 1. The molecule has 1 fully saturated rings. The van der Waals surface area contributed by atoms with Crippen LogP contribution in [-0.2, 0) is 9.59 Å². The zero-order valence-corrected chi connectivity index (χ0v) is 17.0. The van der Waals surface area contributed by atoms with Crippen LogP contribution in [0.2, 0.25) is 0 Å². The van der Waals surface area contributed by atoms with E-state index in [1.54, 1.807) is 24.3 Å². The third-order valence-electron chi connectivity index (χ3n) is 4.49. The minimum atomic E-state index is -0.307. The van der Waals surface area contributed by atoms with Crippen LogP contribution in [0.5, 0.6) is 5.75 Å². The summed E-state index contributed by atoms with van der Waals surface area (Å²) in [5, 5.41) is 7.97. The molecule has 0 radical (unpaired) electrons. The molecular weight excluding hydrogens is 390 g/mol. The number of amides is 2. The van der Waals surface area contributed by atoms with Gasteiger partial charge in [-0.05, 0) is 44.9 Å². The van der Waals surface area contributed by atoms with Gasteiger partial charge < -0.3 is 14.5 Å². The zero-order chi connectivity index (χ0) is 20.4. The van der Waals surface area contributed by atoms with Gasteiger partial charge in [-0.3, -0.25) is 14.9 Å². The van der Waals surface area contributed by atoms with Crippen molar-refractivity contribution in [1.29, 1.82) is 0 Å². The maximum atomic E-state index is 12.2. The number of nitrogens with zero attached hydrogens (tertiary/aromatic N) is 1. The first kappa shape index (κ1) is 19.2. The molecule has 1 aliphatic rings. The first-order valence-corrected chi connectivity index (χ1v) is 10.2. The van der Waals surface area contributed by atoms with E-state index in [1.165, 1.54) is 11.3 Å². The quantitative estimate of drug-likeness (QED) is 0.602.